The van der Waals surface area contributed by atoms with Gasteiger partial charge in [-0.15, -0.1) is 18.3 Å². The zero-order chi connectivity index (χ0) is 41.5. The zero-order valence-electron chi connectivity index (χ0n) is 33.9. The SMILES string of the molecule is C=CCOC12Oc3ccc(Oc4ccc(SC)cc4)cc3C3C(CCCCO)C(CCCCO)C=C(C(=NOCc4ccc([N+](=O)[O-])cc4)CC1N(C)C(=O)C1CC1)C32. The van der Waals surface area contributed by atoms with E-state index in [9.17, 15) is 25.1 Å². The van der Waals surface area contributed by atoms with Gasteiger partial charge in [0.05, 0.1) is 23.2 Å². The highest BCUT2D eigenvalue weighted by Crippen LogP contribution is 2.62. The number of benzene rings is 3. The Hall–Kier alpha value is -4.69. The van der Waals surface area contributed by atoms with Gasteiger partial charge in [-0.05, 0) is 122 Å². The molecule has 2 N–H and O–H groups in total. The van der Waals surface area contributed by atoms with Crippen molar-refractivity contribution in [2.24, 2.45) is 28.8 Å². The number of thioether (sulfide) groups is 1. The monoisotopic (exact) mass is 825 g/mol. The van der Waals surface area contributed by atoms with Gasteiger partial charge in [-0.3, -0.25) is 14.9 Å². The average Bonchev–Trinajstić information content (AvgIpc) is 4.10. The number of hydrogen-bond acceptors (Lipinski definition) is 11. The van der Waals surface area contributed by atoms with Crippen molar-refractivity contribution in [3.63, 3.8) is 0 Å². The second-order valence-electron chi connectivity index (χ2n) is 16.0. The molecular weight excluding hydrogens is 771 g/mol. The summed E-state index contributed by atoms with van der Waals surface area (Å²) in [7, 11) is 1.83. The van der Waals surface area contributed by atoms with Crippen molar-refractivity contribution in [2.75, 3.05) is 33.1 Å². The molecule has 12 nitrogen and oxygen atoms in total. The Bertz CT molecular complexity index is 2020. The van der Waals surface area contributed by atoms with Crippen LogP contribution >= 0.6 is 11.8 Å². The van der Waals surface area contributed by atoms with E-state index in [4.69, 9.17) is 24.2 Å². The third kappa shape index (κ3) is 9.23. The van der Waals surface area contributed by atoms with Crippen molar-refractivity contribution >= 4 is 29.1 Å². The van der Waals surface area contributed by atoms with Crippen LogP contribution in [0.1, 0.15) is 74.8 Å². The maximum absolute atomic E-state index is 14.1. The Morgan fingerprint density at radius 3 is 2.41 bits per heavy atom. The van der Waals surface area contributed by atoms with E-state index in [1.165, 1.54) is 12.1 Å². The Balaban J connectivity index is 1.38. The number of nitrogens with zero attached hydrogens (tertiary/aromatic N) is 3. The lowest BCUT2D eigenvalue weighted by molar-refractivity contribution is -0.384. The van der Waals surface area contributed by atoms with Crippen LogP contribution in [0.3, 0.4) is 0 Å². The Kier molecular flexibility index (Phi) is 13.8. The minimum atomic E-state index is -1.32. The number of nitro groups is 1. The fraction of sp³-hybridized carbons (Fsp3) is 0.478. The molecule has 0 radical (unpaired) electrons. The fourth-order valence-electron chi connectivity index (χ4n) is 9.24. The third-order valence-electron chi connectivity index (χ3n) is 12.2. The Morgan fingerprint density at radius 1 is 1.03 bits per heavy atom. The molecule has 4 aliphatic rings. The number of carbonyl (C=O) groups is 1. The number of nitro benzene ring substituents is 1. The maximum atomic E-state index is 14.1. The highest BCUT2D eigenvalue weighted by molar-refractivity contribution is 7.98. The molecule has 6 atom stereocenters. The van der Waals surface area contributed by atoms with Crippen LogP contribution in [-0.4, -0.2) is 76.6 Å². The summed E-state index contributed by atoms with van der Waals surface area (Å²) < 4.78 is 20.7. The van der Waals surface area contributed by atoms with Crippen LogP contribution < -0.4 is 9.47 Å². The summed E-state index contributed by atoms with van der Waals surface area (Å²) in [6.45, 7) is 4.46. The predicted molar refractivity (Wildman–Crippen MR) is 227 cm³/mol. The lowest BCUT2D eigenvalue weighted by atomic mass is 9.55. The molecule has 6 unspecified atom stereocenters. The smallest absolute Gasteiger partial charge is 0.269 e. The molecule has 1 amide bonds. The van der Waals surface area contributed by atoms with E-state index in [-0.39, 0.29) is 61.7 Å². The highest BCUT2D eigenvalue weighted by Gasteiger charge is 2.65. The minimum absolute atomic E-state index is 0.00626. The van der Waals surface area contributed by atoms with E-state index in [0.717, 1.165) is 60.1 Å². The molecule has 2 saturated carbocycles. The van der Waals surface area contributed by atoms with Crippen LogP contribution in [0.15, 0.2) is 101 Å². The van der Waals surface area contributed by atoms with E-state index >= 15 is 0 Å². The predicted octanol–water partition coefficient (Wildman–Crippen LogP) is 8.81. The molecule has 314 valence electrons. The van der Waals surface area contributed by atoms with E-state index in [0.29, 0.717) is 42.2 Å². The maximum Gasteiger partial charge on any atom is 0.269 e. The van der Waals surface area contributed by atoms with Gasteiger partial charge in [0.15, 0.2) is 0 Å². The number of oxime groups is 1. The van der Waals surface area contributed by atoms with E-state index in [2.05, 4.69) is 18.7 Å². The van der Waals surface area contributed by atoms with Crippen molar-refractivity contribution < 1.29 is 39.0 Å². The first-order valence-corrected chi connectivity index (χ1v) is 22.0. The average molecular weight is 826 g/mol. The molecule has 0 saturated heterocycles. The van der Waals surface area contributed by atoms with Gasteiger partial charge in [0.25, 0.3) is 5.69 Å². The molecule has 2 fully saturated rings. The first-order valence-electron chi connectivity index (χ1n) is 20.7. The molecule has 7 rings (SSSR count). The van der Waals surface area contributed by atoms with Crippen LogP contribution in [0.5, 0.6) is 17.2 Å². The molecule has 3 aromatic rings. The zero-order valence-corrected chi connectivity index (χ0v) is 34.7. The summed E-state index contributed by atoms with van der Waals surface area (Å²) >= 11 is 1.67. The summed E-state index contributed by atoms with van der Waals surface area (Å²) in [5, 5.41) is 35.9. The number of fused-ring (bicyclic) bond motifs is 2. The van der Waals surface area contributed by atoms with Gasteiger partial charge in [-0.1, -0.05) is 30.1 Å². The fourth-order valence-corrected chi connectivity index (χ4v) is 9.65. The van der Waals surface area contributed by atoms with Crippen LogP contribution in [0.25, 0.3) is 0 Å². The van der Waals surface area contributed by atoms with Gasteiger partial charge in [0, 0.05) is 61.1 Å². The van der Waals surface area contributed by atoms with Gasteiger partial charge < -0.3 is 34.2 Å². The van der Waals surface area contributed by atoms with Crippen LogP contribution in [0, 0.1) is 33.8 Å². The number of ether oxygens (including phenoxy) is 3. The van der Waals surface area contributed by atoms with E-state index in [1.807, 2.05) is 49.7 Å². The second kappa shape index (κ2) is 19.1. The highest BCUT2D eigenvalue weighted by atomic mass is 32.2. The first kappa shape index (κ1) is 42.4. The summed E-state index contributed by atoms with van der Waals surface area (Å²) in [6, 6.07) is 19.6. The molecule has 3 aliphatic carbocycles. The van der Waals surface area contributed by atoms with Crippen LogP contribution in [0.4, 0.5) is 5.69 Å². The molecule has 1 heterocycles. The second-order valence-corrected chi connectivity index (χ2v) is 16.9. The summed E-state index contributed by atoms with van der Waals surface area (Å²) in [4.78, 5) is 34.0. The largest absolute Gasteiger partial charge is 0.459 e. The molecule has 3 aromatic carbocycles. The minimum Gasteiger partial charge on any atom is -0.459 e. The molecular formula is C46H55N3O9S. The number of aliphatic hydroxyl groups excluding tert-OH is 2. The van der Waals surface area contributed by atoms with Gasteiger partial charge in [-0.2, -0.15) is 0 Å². The number of aliphatic hydroxyl groups is 2. The van der Waals surface area contributed by atoms with E-state index < -0.39 is 22.7 Å². The van der Waals surface area contributed by atoms with Gasteiger partial charge >= 0.3 is 0 Å². The molecule has 59 heavy (non-hydrogen) atoms. The summed E-state index contributed by atoms with van der Waals surface area (Å²) in [5.74, 6) is 0.225. The van der Waals surface area contributed by atoms with Crippen LogP contribution in [-0.2, 0) is 21.0 Å². The van der Waals surface area contributed by atoms with Gasteiger partial charge in [0.1, 0.15) is 29.9 Å². The molecule has 13 heteroatoms. The molecule has 1 aliphatic heterocycles. The first-order chi connectivity index (χ1) is 28.7. The quantitative estimate of drug-likeness (QED) is 0.0372. The lowest BCUT2D eigenvalue weighted by Crippen LogP contribution is -2.69. The van der Waals surface area contributed by atoms with Crippen molar-refractivity contribution in [1.29, 1.82) is 0 Å². The van der Waals surface area contributed by atoms with E-state index in [1.54, 1.807) is 34.9 Å². The number of unbranched alkanes of at least 4 members (excludes halogenated alkanes) is 2. The number of non-ortho nitro benzene ring substituents is 1. The van der Waals surface area contributed by atoms with Gasteiger partial charge in [0.2, 0.25) is 11.7 Å². The number of allylic oxidation sites excluding steroid dienone is 1. The summed E-state index contributed by atoms with van der Waals surface area (Å²) in [5.41, 5.74) is 3.32. The van der Waals surface area contributed by atoms with Crippen molar-refractivity contribution in [2.45, 2.75) is 87.0 Å². The van der Waals surface area contributed by atoms with Gasteiger partial charge in [-0.25, -0.2) is 0 Å². The number of amides is 1. The van der Waals surface area contributed by atoms with Crippen molar-refractivity contribution in [3.8, 4) is 17.2 Å². The number of rotatable bonds is 20. The topological polar surface area (TPSA) is 153 Å². The Labute approximate surface area is 350 Å². The normalized spacial score (nSPS) is 24.9. The van der Waals surface area contributed by atoms with Crippen molar-refractivity contribution in [3.05, 3.63) is 112 Å². The van der Waals surface area contributed by atoms with Crippen molar-refractivity contribution in [1.82, 2.24) is 4.90 Å². The summed E-state index contributed by atoms with van der Waals surface area (Å²) in [6.07, 6.45) is 12.6. The third-order valence-corrected chi connectivity index (χ3v) is 13.0. The Morgan fingerprint density at radius 2 is 1.75 bits per heavy atom. The lowest BCUT2D eigenvalue weighted by Gasteiger charge is -2.59. The number of hydrogen-bond donors (Lipinski definition) is 2. The molecule has 0 spiro atoms. The number of likely N-dealkylation sites (N-methyl/N-ethyl adjacent to an activating group) is 1. The molecule has 0 aromatic heterocycles. The molecule has 0 bridgehead atoms. The number of carbonyl (C=O) groups excluding carboxylic acids is 1. The standard InChI is InChI=1S/C46H55N3O9S/c1-4-25-55-46-42(48(2)45(52)31-13-14-31)28-40(47-56-29-30-11-15-33(16-12-30)49(53)54)38-26-32(9-5-7-23-50)37(10-6-8-24-51)43(44(38)46)39-27-35(19-22-41(39)58-46)57-34-17-20-36(59-3)21-18-34/h4,11-12,15-22,26-27,31-32,37,42-44,50-51H,1,5-10,13-14,23-25,28-29H2,2-3H3. The van der Waals surface area contributed by atoms with Crippen LogP contribution in [0.2, 0.25) is 0 Å².